The Morgan fingerprint density at radius 2 is 2.07 bits per heavy atom. The summed E-state index contributed by atoms with van der Waals surface area (Å²) < 4.78 is 31.3. The van der Waals surface area contributed by atoms with E-state index in [9.17, 15) is 13.2 Å². The third kappa shape index (κ3) is 7.40. The largest absolute Gasteiger partial charge is 0.377 e. The standard InChI is InChI=1S/C10H19NO6S.C9H9N/c1-15-10(8-17-18(2,13)14)7-16-11-5-3-4-9(11)6-12;1-7-6-8-4-2-3-5-9(8)10-7/h6,9-10H,3-5,7-8H2,1-2H3;2-5H,6H2,1H3/t9-,10?;/m0./s1. The summed E-state index contributed by atoms with van der Waals surface area (Å²) in [7, 11) is -2.04. The fourth-order valence-electron chi connectivity index (χ4n) is 2.91. The second-order valence-electron chi connectivity index (χ2n) is 6.78. The van der Waals surface area contributed by atoms with Crippen LogP contribution < -0.4 is 0 Å². The van der Waals surface area contributed by atoms with Gasteiger partial charge in [-0.1, -0.05) is 18.2 Å². The van der Waals surface area contributed by atoms with Gasteiger partial charge in [0.2, 0.25) is 0 Å². The van der Waals surface area contributed by atoms with Gasteiger partial charge in [-0.3, -0.25) is 14.0 Å². The number of para-hydroxylation sites is 1. The Morgan fingerprint density at radius 3 is 2.71 bits per heavy atom. The minimum Gasteiger partial charge on any atom is -0.377 e. The van der Waals surface area contributed by atoms with Gasteiger partial charge in [0, 0.05) is 25.8 Å². The molecular formula is C19H28N2O6S. The van der Waals surface area contributed by atoms with Gasteiger partial charge in [-0.2, -0.15) is 13.5 Å². The molecule has 2 heterocycles. The third-order valence-corrected chi connectivity index (χ3v) is 4.95. The molecule has 0 N–H and O–H groups in total. The van der Waals surface area contributed by atoms with Crippen LogP contribution in [0.3, 0.4) is 0 Å². The molecule has 0 bridgehead atoms. The molecule has 1 saturated heterocycles. The van der Waals surface area contributed by atoms with E-state index in [1.807, 2.05) is 6.07 Å². The third-order valence-electron chi connectivity index (χ3n) is 4.38. The first-order valence-corrected chi connectivity index (χ1v) is 11.0. The number of hydrogen-bond donors (Lipinski definition) is 0. The molecule has 0 aliphatic carbocycles. The predicted octanol–water partition coefficient (Wildman–Crippen LogP) is 1.91. The van der Waals surface area contributed by atoms with Crippen LogP contribution in [0.1, 0.15) is 25.3 Å². The van der Waals surface area contributed by atoms with E-state index in [4.69, 9.17) is 9.57 Å². The van der Waals surface area contributed by atoms with Crippen molar-refractivity contribution in [2.45, 2.75) is 38.3 Å². The van der Waals surface area contributed by atoms with Gasteiger partial charge in [-0.05, 0) is 31.4 Å². The maximum Gasteiger partial charge on any atom is 0.264 e. The highest BCUT2D eigenvalue weighted by Gasteiger charge is 2.26. The number of rotatable bonds is 8. The van der Waals surface area contributed by atoms with Gasteiger partial charge in [0.1, 0.15) is 12.4 Å². The smallest absolute Gasteiger partial charge is 0.264 e. The monoisotopic (exact) mass is 412 g/mol. The SMILES string of the molecule is CC1=Nc2ccccc2C1.COC(CON1CCC[C@H]1C=O)COS(C)(=O)=O. The molecule has 1 fully saturated rings. The van der Waals surface area contributed by atoms with Crippen molar-refractivity contribution < 1.29 is 27.0 Å². The van der Waals surface area contributed by atoms with Crippen molar-refractivity contribution in [2.24, 2.45) is 4.99 Å². The zero-order chi connectivity index (χ0) is 20.6. The lowest BCUT2D eigenvalue weighted by molar-refractivity contribution is -0.190. The van der Waals surface area contributed by atoms with Gasteiger partial charge in [0.15, 0.2) is 0 Å². The van der Waals surface area contributed by atoms with Gasteiger partial charge in [0.05, 0.1) is 31.2 Å². The topological polar surface area (TPSA) is 94.5 Å². The van der Waals surface area contributed by atoms with Crippen LogP contribution >= 0.6 is 0 Å². The predicted molar refractivity (Wildman–Crippen MR) is 106 cm³/mol. The molecule has 8 nitrogen and oxygen atoms in total. The summed E-state index contributed by atoms with van der Waals surface area (Å²) in [6.45, 7) is 2.80. The molecule has 156 valence electrons. The van der Waals surface area contributed by atoms with Crippen molar-refractivity contribution in [1.29, 1.82) is 0 Å². The lowest BCUT2D eigenvalue weighted by atomic mass is 10.1. The summed E-state index contributed by atoms with van der Waals surface area (Å²) in [5.74, 6) is 0. The number of methoxy groups -OCH3 is 1. The van der Waals surface area contributed by atoms with Crippen molar-refractivity contribution in [3.63, 3.8) is 0 Å². The maximum absolute atomic E-state index is 10.8. The first kappa shape index (κ1) is 22.6. The summed E-state index contributed by atoms with van der Waals surface area (Å²) in [4.78, 5) is 20.5. The molecule has 1 unspecified atom stereocenters. The number of hydroxylamine groups is 2. The van der Waals surface area contributed by atoms with Crippen LogP contribution in [0.2, 0.25) is 0 Å². The highest BCUT2D eigenvalue weighted by Crippen LogP contribution is 2.25. The number of benzene rings is 1. The van der Waals surface area contributed by atoms with Gasteiger partial charge in [-0.15, -0.1) is 0 Å². The minimum atomic E-state index is -3.49. The van der Waals surface area contributed by atoms with Crippen LogP contribution in [0.25, 0.3) is 0 Å². The van der Waals surface area contributed by atoms with E-state index in [-0.39, 0.29) is 19.3 Å². The van der Waals surface area contributed by atoms with Crippen molar-refractivity contribution in [2.75, 3.05) is 33.1 Å². The molecule has 2 aliphatic heterocycles. The quantitative estimate of drug-likeness (QED) is 0.475. The van der Waals surface area contributed by atoms with Crippen molar-refractivity contribution >= 4 is 27.8 Å². The number of aliphatic imine (C=N–C) groups is 1. The number of nitrogens with zero attached hydrogens (tertiary/aromatic N) is 2. The van der Waals surface area contributed by atoms with Gasteiger partial charge >= 0.3 is 0 Å². The molecule has 28 heavy (non-hydrogen) atoms. The van der Waals surface area contributed by atoms with Crippen LogP contribution in [0.4, 0.5) is 5.69 Å². The van der Waals surface area contributed by atoms with Crippen LogP contribution in [0.15, 0.2) is 29.3 Å². The van der Waals surface area contributed by atoms with Gasteiger partial charge in [0.25, 0.3) is 10.1 Å². The summed E-state index contributed by atoms with van der Waals surface area (Å²) in [5, 5.41) is 1.60. The Labute approximate surface area is 166 Å². The number of fused-ring (bicyclic) bond motifs is 1. The highest BCUT2D eigenvalue weighted by atomic mass is 32.2. The Morgan fingerprint density at radius 1 is 1.32 bits per heavy atom. The second kappa shape index (κ2) is 10.8. The van der Waals surface area contributed by atoms with E-state index in [2.05, 4.69) is 34.3 Å². The van der Waals surface area contributed by atoms with E-state index < -0.39 is 16.2 Å². The van der Waals surface area contributed by atoms with Crippen molar-refractivity contribution in [1.82, 2.24) is 5.06 Å². The average molecular weight is 413 g/mol. The molecule has 2 atom stereocenters. The van der Waals surface area contributed by atoms with Crippen molar-refractivity contribution in [3.05, 3.63) is 29.8 Å². The molecule has 0 radical (unpaired) electrons. The number of hydrogen-bond acceptors (Lipinski definition) is 8. The Kier molecular flexibility index (Phi) is 8.71. The molecule has 0 aromatic heterocycles. The summed E-state index contributed by atoms with van der Waals surface area (Å²) in [6.07, 6.45) is 4.05. The molecule has 9 heteroatoms. The van der Waals surface area contributed by atoms with Crippen molar-refractivity contribution in [3.8, 4) is 0 Å². The van der Waals surface area contributed by atoms with E-state index in [0.717, 1.165) is 37.5 Å². The van der Waals surface area contributed by atoms with E-state index in [1.165, 1.54) is 18.4 Å². The molecule has 0 spiro atoms. The van der Waals surface area contributed by atoms with E-state index in [1.54, 1.807) is 5.06 Å². The first-order valence-electron chi connectivity index (χ1n) is 9.16. The molecule has 2 aliphatic rings. The molecular weight excluding hydrogens is 384 g/mol. The molecule has 1 aromatic carbocycles. The molecule has 0 saturated carbocycles. The molecule has 1 aromatic rings. The minimum absolute atomic E-state index is 0.102. The second-order valence-corrected chi connectivity index (χ2v) is 8.42. The van der Waals surface area contributed by atoms with Crippen LogP contribution in [0, 0.1) is 0 Å². The fourth-order valence-corrected chi connectivity index (χ4v) is 3.31. The fraction of sp³-hybridized carbons (Fsp3) is 0.579. The lowest BCUT2D eigenvalue weighted by Crippen LogP contribution is -2.35. The number of carbonyl (C=O) groups excluding carboxylic acids is 1. The maximum atomic E-state index is 10.8. The normalized spacial score (nSPS) is 20.1. The van der Waals surface area contributed by atoms with Crippen LogP contribution in [0.5, 0.6) is 0 Å². The molecule has 3 rings (SSSR count). The summed E-state index contributed by atoms with van der Waals surface area (Å²) in [5.41, 5.74) is 3.74. The van der Waals surface area contributed by atoms with Gasteiger partial charge in [-0.25, -0.2) is 0 Å². The average Bonchev–Trinajstić information content (AvgIpc) is 3.26. The Hall–Kier alpha value is -1.65. The number of carbonyl (C=O) groups is 1. The van der Waals surface area contributed by atoms with Gasteiger partial charge < -0.3 is 9.53 Å². The van der Waals surface area contributed by atoms with Crippen LogP contribution in [-0.2, 0) is 35.1 Å². The lowest BCUT2D eigenvalue weighted by Gasteiger charge is -2.22. The van der Waals surface area contributed by atoms with E-state index >= 15 is 0 Å². The number of ether oxygens (including phenoxy) is 1. The van der Waals surface area contributed by atoms with Crippen LogP contribution in [-0.4, -0.2) is 70.7 Å². The molecule has 0 amide bonds. The first-order chi connectivity index (χ1) is 13.3. The highest BCUT2D eigenvalue weighted by molar-refractivity contribution is 7.85. The summed E-state index contributed by atoms with van der Waals surface area (Å²) >= 11 is 0. The van der Waals surface area contributed by atoms with E-state index in [0.29, 0.717) is 6.54 Å². The Balaban J connectivity index is 0.000000233. The summed E-state index contributed by atoms with van der Waals surface area (Å²) in [6, 6.07) is 8.06. The zero-order valence-corrected chi connectivity index (χ0v) is 17.4. The Bertz CT molecular complexity index is 780. The zero-order valence-electron chi connectivity index (χ0n) is 16.5. The number of aldehydes is 1.